The van der Waals surface area contributed by atoms with Crippen molar-refractivity contribution in [3.8, 4) is 0 Å². The van der Waals surface area contributed by atoms with Gasteiger partial charge in [0.05, 0.1) is 11.5 Å². The van der Waals surface area contributed by atoms with Gasteiger partial charge in [0.25, 0.3) is 0 Å². The van der Waals surface area contributed by atoms with E-state index in [0.29, 0.717) is 23.5 Å². The number of hydrogen-bond acceptors (Lipinski definition) is 4. The highest BCUT2D eigenvalue weighted by molar-refractivity contribution is 8.00. The highest BCUT2D eigenvalue weighted by atomic mass is 32.2. The molecule has 15 heavy (non-hydrogen) atoms. The van der Waals surface area contributed by atoms with Crippen LogP contribution < -0.4 is 5.32 Å². The van der Waals surface area contributed by atoms with Crippen LogP contribution in [0.15, 0.2) is 0 Å². The fourth-order valence-corrected chi connectivity index (χ4v) is 5.37. The molecule has 0 radical (unpaired) electrons. The van der Waals surface area contributed by atoms with Gasteiger partial charge in [-0.15, -0.1) is 0 Å². The average molecular weight is 249 g/mol. The summed E-state index contributed by atoms with van der Waals surface area (Å²) in [6.07, 6.45) is 2.08. The van der Waals surface area contributed by atoms with E-state index >= 15 is 0 Å². The number of rotatable bonds is 3. The van der Waals surface area contributed by atoms with Gasteiger partial charge in [0, 0.05) is 17.0 Å². The fourth-order valence-electron chi connectivity index (χ4n) is 2.33. The van der Waals surface area contributed by atoms with Gasteiger partial charge in [-0.2, -0.15) is 11.8 Å². The minimum absolute atomic E-state index is 0.357. The Hall–Kier alpha value is 0.260. The van der Waals surface area contributed by atoms with Crippen LogP contribution in [0.25, 0.3) is 0 Å². The van der Waals surface area contributed by atoms with E-state index in [-0.39, 0.29) is 0 Å². The maximum atomic E-state index is 11.3. The first-order chi connectivity index (χ1) is 7.05. The third kappa shape index (κ3) is 3.36. The molecule has 0 amide bonds. The molecule has 3 atom stereocenters. The molecule has 5 heteroatoms. The summed E-state index contributed by atoms with van der Waals surface area (Å²) in [5.74, 6) is 2.33. The van der Waals surface area contributed by atoms with E-state index in [9.17, 15) is 8.42 Å². The Kier molecular flexibility index (Phi) is 3.63. The van der Waals surface area contributed by atoms with Crippen molar-refractivity contribution in [3.63, 3.8) is 0 Å². The molecule has 0 aromatic rings. The van der Waals surface area contributed by atoms with E-state index in [4.69, 9.17) is 0 Å². The molecule has 2 aliphatic heterocycles. The minimum Gasteiger partial charge on any atom is -0.313 e. The molecule has 0 aromatic carbocycles. The van der Waals surface area contributed by atoms with Crippen LogP contribution in [0.1, 0.15) is 19.8 Å². The van der Waals surface area contributed by atoms with Crippen molar-refractivity contribution in [3.05, 3.63) is 0 Å². The zero-order valence-corrected chi connectivity index (χ0v) is 10.7. The first-order valence-electron chi connectivity index (χ1n) is 5.60. The number of hydrogen-bond donors (Lipinski definition) is 1. The van der Waals surface area contributed by atoms with E-state index < -0.39 is 9.84 Å². The van der Waals surface area contributed by atoms with Crippen LogP contribution >= 0.6 is 11.8 Å². The molecule has 0 spiro atoms. The Morgan fingerprint density at radius 3 is 2.80 bits per heavy atom. The summed E-state index contributed by atoms with van der Waals surface area (Å²) in [6.45, 7) is 3.14. The molecular formula is C10H19NO2S2. The smallest absolute Gasteiger partial charge is 0.150 e. The van der Waals surface area contributed by atoms with Gasteiger partial charge >= 0.3 is 0 Å². The van der Waals surface area contributed by atoms with Crippen molar-refractivity contribution in [1.29, 1.82) is 0 Å². The van der Waals surface area contributed by atoms with Crippen molar-refractivity contribution in [2.75, 3.05) is 23.8 Å². The monoisotopic (exact) mass is 249 g/mol. The van der Waals surface area contributed by atoms with Crippen LogP contribution in [0.3, 0.4) is 0 Å². The first kappa shape index (κ1) is 11.7. The van der Waals surface area contributed by atoms with E-state index in [1.807, 2.05) is 11.8 Å². The molecule has 2 heterocycles. The highest BCUT2D eigenvalue weighted by Gasteiger charge is 2.29. The predicted molar refractivity (Wildman–Crippen MR) is 65.1 cm³/mol. The standard InChI is InChI=1S/C10H19NO2S2/c1-8-4-10(6-14-8)11-5-9-2-3-15(12,13)7-9/h8-11H,2-7H2,1H3. The molecule has 2 fully saturated rings. The second kappa shape index (κ2) is 4.63. The molecule has 2 aliphatic rings. The Morgan fingerprint density at radius 1 is 1.47 bits per heavy atom. The lowest BCUT2D eigenvalue weighted by atomic mass is 10.1. The lowest BCUT2D eigenvalue weighted by Crippen LogP contribution is -2.33. The molecule has 88 valence electrons. The first-order valence-corrected chi connectivity index (χ1v) is 8.47. The zero-order chi connectivity index (χ0) is 10.9. The minimum atomic E-state index is -2.70. The van der Waals surface area contributed by atoms with Crippen molar-refractivity contribution in [2.24, 2.45) is 5.92 Å². The summed E-state index contributed by atoms with van der Waals surface area (Å²) < 4.78 is 22.5. The van der Waals surface area contributed by atoms with Gasteiger partial charge in [0.2, 0.25) is 0 Å². The maximum absolute atomic E-state index is 11.3. The van der Waals surface area contributed by atoms with Crippen molar-refractivity contribution < 1.29 is 8.42 Å². The van der Waals surface area contributed by atoms with Gasteiger partial charge in [-0.25, -0.2) is 8.42 Å². The highest BCUT2D eigenvalue weighted by Crippen LogP contribution is 2.26. The fraction of sp³-hybridized carbons (Fsp3) is 1.00. The quantitative estimate of drug-likeness (QED) is 0.807. The summed E-state index contributed by atoms with van der Waals surface area (Å²) in [4.78, 5) is 0. The summed E-state index contributed by atoms with van der Waals surface area (Å²) in [6, 6.07) is 0.605. The molecule has 0 aromatic heterocycles. The molecule has 3 unspecified atom stereocenters. The van der Waals surface area contributed by atoms with E-state index in [1.54, 1.807) is 0 Å². The summed E-state index contributed by atoms with van der Waals surface area (Å²) in [7, 11) is -2.70. The van der Waals surface area contributed by atoms with Crippen LogP contribution in [-0.4, -0.2) is 43.5 Å². The largest absolute Gasteiger partial charge is 0.313 e. The Morgan fingerprint density at radius 2 is 2.27 bits per heavy atom. The molecular weight excluding hydrogens is 230 g/mol. The average Bonchev–Trinajstić information content (AvgIpc) is 2.69. The number of nitrogens with one attached hydrogen (secondary N) is 1. The van der Waals surface area contributed by atoms with Crippen LogP contribution in [0.2, 0.25) is 0 Å². The van der Waals surface area contributed by atoms with Crippen molar-refractivity contribution in [1.82, 2.24) is 5.32 Å². The number of thioether (sulfide) groups is 1. The van der Waals surface area contributed by atoms with Crippen LogP contribution in [-0.2, 0) is 9.84 Å². The molecule has 2 saturated heterocycles. The third-order valence-corrected chi connectivity index (χ3v) is 6.41. The topological polar surface area (TPSA) is 46.2 Å². The van der Waals surface area contributed by atoms with E-state index in [0.717, 1.165) is 18.2 Å². The maximum Gasteiger partial charge on any atom is 0.150 e. The lowest BCUT2D eigenvalue weighted by Gasteiger charge is -2.14. The summed E-state index contributed by atoms with van der Waals surface area (Å²) in [5.41, 5.74) is 0. The van der Waals surface area contributed by atoms with Crippen LogP contribution in [0, 0.1) is 5.92 Å². The molecule has 1 N–H and O–H groups in total. The Bertz CT molecular complexity index is 315. The SMILES string of the molecule is CC1CC(NCC2CCS(=O)(=O)C2)CS1. The Labute approximate surface area is 96.3 Å². The third-order valence-electron chi connectivity index (χ3n) is 3.22. The van der Waals surface area contributed by atoms with Crippen molar-refractivity contribution in [2.45, 2.75) is 31.1 Å². The number of sulfone groups is 1. The molecule has 0 aliphatic carbocycles. The second-order valence-corrected chi connectivity index (χ2v) is 8.45. The van der Waals surface area contributed by atoms with Gasteiger partial charge in [-0.05, 0) is 25.3 Å². The van der Waals surface area contributed by atoms with E-state index in [2.05, 4.69) is 12.2 Å². The Balaban J connectivity index is 1.71. The second-order valence-electron chi connectivity index (χ2n) is 4.75. The molecule has 3 nitrogen and oxygen atoms in total. The summed E-state index contributed by atoms with van der Waals surface area (Å²) in [5, 5.41) is 4.27. The van der Waals surface area contributed by atoms with E-state index in [1.165, 1.54) is 12.2 Å². The molecule has 0 bridgehead atoms. The van der Waals surface area contributed by atoms with Gasteiger partial charge < -0.3 is 5.32 Å². The normalized spacial score (nSPS) is 39.7. The van der Waals surface area contributed by atoms with Crippen LogP contribution in [0.5, 0.6) is 0 Å². The van der Waals surface area contributed by atoms with Crippen molar-refractivity contribution >= 4 is 21.6 Å². The van der Waals surface area contributed by atoms with Gasteiger partial charge in [-0.3, -0.25) is 0 Å². The summed E-state index contributed by atoms with van der Waals surface area (Å²) >= 11 is 2.01. The van der Waals surface area contributed by atoms with Gasteiger partial charge in [-0.1, -0.05) is 6.92 Å². The lowest BCUT2D eigenvalue weighted by molar-refractivity contribution is 0.463. The van der Waals surface area contributed by atoms with Gasteiger partial charge in [0.15, 0.2) is 9.84 Å². The molecule has 0 saturated carbocycles. The van der Waals surface area contributed by atoms with Crippen LogP contribution in [0.4, 0.5) is 0 Å². The van der Waals surface area contributed by atoms with Gasteiger partial charge in [0.1, 0.15) is 0 Å². The molecule has 2 rings (SSSR count). The predicted octanol–water partition coefficient (Wildman–Crippen LogP) is 0.905. The zero-order valence-electron chi connectivity index (χ0n) is 9.11.